The number of carbonyl (C=O) groups excluding carboxylic acids is 1. The van der Waals surface area contributed by atoms with Gasteiger partial charge >= 0.3 is 12.2 Å². The summed E-state index contributed by atoms with van der Waals surface area (Å²) in [4.78, 5) is 23.4. The highest BCUT2D eigenvalue weighted by atomic mass is 16.5. The molecule has 0 bridgehead atoms. The second-order valence-corrected chi connectivity index (χ2v) is 4.76. The minimum absolute atomic E-state index is 0.179. The van der Waals surface area contributed by atoms with Gasteiger partial charge in [-0.2, -0.15) is 0 Å². The maximum Gasteiger partial charge on any atom is 0.409 e. The fraction of sp³-hybridized carbons (Fsp3) is 0.176. The zero-order valence-corrected chi connectivity index (χ0v) is 12.7. The number of rotatable bonds is 5. The highest BCUT2D eigenvalue weighted by Crippen LogP contribution is 2.27. The normalized spacial score (nSPS) is 10.7. The Bertz CT molecular complexity index is 619. The minimum Gasteiger partial charge on any atom is -0.465 e. The van der Waals surface area contributed by atoms with Gasteiger partial charge in [0.25, 0.3) is 0 Å². The second-order valence-electron chi connectivity index (χ2n) is 4.76. The maximum atomic E-state index is 12.0. The van der Waals surface area contributed by atoms with Crippen molar-refractivity contribution >= 4 is 12.2 Å². The molecule has 0 radical (unpaired) electrons. The summed E-state index contributed by atoms with van der Waals surface area (Å²) in [6.45, 7) is 1.86. The predicted molar refractivity (Wildman–Crippen MR) is 85.0 cm³/mol. The molecule has 2 aromatic rings. The van der Waals surface area contributed by atoms with Gasteiger partial charge in [0, 0.05) is 11.1 Å². The number of carboxylic acid groups (broad SMARTS) is 1. The van der Waals surface area contributed by atoms with Crippen LogP contribution < -0.4 is 10.6 Å². The summed E-state index contributed by atoms with van der Waals surface area (Å²) in [7, 11) is 0. The zero-order valence-electron chi connectivity index (χ0n) is 12.7. The smallest absolute Gasteiger partial charge is 0.409 e. The van der Waals surface area contributed by atoms with E-state index in [-0.39, 0.29) is 6.61 Å². The molecule has 0 aliphatic carbocycles. The molecule has 0 unspecified atom stereocenters. The Morgan fingerprint density at radius 2 is 1.43 bits per heavy atom. The Morgan fingerprint density at radius 1 is 0.957 bits per heavy atom. The van der Waals surface area contributed by atoms with Crippen LogP contribution >= 0.6 is 0 Å². The number of carbonyl (C=O) groups is 2. The maximum absolute atomic E-state index is 12.0. The molecule has 0 heterocycles. The van der Waals surface area contributed by atoms with Gasteiger partial charge in [0.05, 0.1) is 6.61 Å². The van der Waals surface area contributed by atoms with Crippen LogP contribution in [0.1, 0.15) is 18.1 Å². The summed E-state index contributed by atoms with van der Waals surface area (Å²) < 4.78 is 4.94. The molecular formula is C17H18N2O4. The average molecular weight is 314 g/mol. The van der Waals surface area contributed by atoms with Gasteiger partial charge in [0.1, 0.15) is 0 Å². The molecule has 0 aliphatic heterocycles. The van der Waals surface area contributed by atoms with Gasteiger partial charge in [-0.1, -0.05) is 60.7 Å². The van der Waals surface area contributed by atoms with Gasteiger partial charge in [-0.3, -0.25) is 10.6 Å². The molecule has 2 amide bonds. The molecule has 3 N–H and O–H groups in total. The Hall–Kier alpha value is -3.02. The summed E-state index contributed by atoms with van der Waals surface area (Å²) in [5.41, 5.74) is -0.302. The van der Waals surface area contributed by atoms with E-state index in [0.717, 1.165) is 0 Å². The number of ether oxygens (including phenoxy) is 1. The van der Waals surface area contributed by atoms with Crippen LogP contribution in [0.3, 0.4) is 0 Å². The molecular weight excluding hydrogens is 296 g/mol. The molecule has 0 aliphatic rings. The van der Waals surface area contributed by atoms with E-state index in [1.54, 1.807) is 55.5 Å². The van der Waals surface area contributed by atoms with Crippen molar-refractivity contribution in [1.29, 1.82) is 0 Å². The van der Waals surface area contributed by atoms with Crippen LogP contribution in [-0.4, -0.2) is 23.9 Å². The third-order valence-corrected chi connectivity index (χ3v) is 3.27. The first-order valence-electron chi connectivity index (χ1n) is 7.15. The lowest BCUT2D eigenvalue weighted by molar-refractivity contribution is 0.133. The monoisotopic (exact) mass is 314 g/mol. The highest BCUT2D eigenvalue weighted by Gasteiger charge is 2.38. The van der Waals surface area contributed by atoms with E-state index in [1.807, 2.05) is 12.1 Å². The largest absolute Gasteiger partial charge is 0.465 e. The van der Waals surface area contributed by atoms with Crippen LogP contribution in [0, 0.1) is 0 Å². The van der Waals surface area contributed by atoms with Crippen LogP contribution in [0.4, 0.5) is 9.59 Å². The first-order chi connectivity index (χ1) is 11.1. The van der Waals surface area contributed by atoms with E-state index < -0.39 is 17.8 Å². The molecule has 6 nitrogen and oxygen atoms in total. The standard InChI is InChI=1S/C17H18N2O4/c1-2-23-16(22)19-17(18-15(20)21,13-9-5-3-6-10-13)14-11-7-4-8-12-14/h3-12,18H,2H2,1H3,(H,19,22)(H,20,21). The van der Waals surface area contributed by atoms with Gasteiger partial charge in [0.15, 0.2) is 5.66 Å². The number of nitrogens with one attached hydrogen (secondary N) is 2. The Morgan fingerprint density at radius 3 is 1.83 bits per heavy atom. The third kappa shape index (κ3) is 3.79. The molecule has 120 valence electrons. The van der Waals surface area contributed by atoms with Gasteiger partial charge < -0.3 is 9.84 Å². The molecule has 0 aromatic heterocycles. The molecule has 2 rings (SSSR count). The lowest BCUT2D eigenvalue weighted by Crippen LogP contribution is -2.58. The lowest BCUT2D eigenvalue weighted by atomic mass is 9.91. The fourth-order valence-corrected chi connectivity index (χ4v) is 2.34. The Balaban J connectivity index is 2.58. The van der Waals surface area contributed by atoms with Crippen molar-refractivity contribution in [3.05, 3.63) is 71.8 Å². The molecule has 2 aromatic carbocycles. The topological polar surface area (TPSA) is 87.7 Å². The van der Waals surface area contributed by atoms with Crippen LogP contribution in [0.2, 0.25) is 0 Å². The molecule has 0 spiro atoms. The number of hydrogen-bond donors (Lipinski definition) is 3. The van der Waals surface area contributed by atoms with Crippen molar-refractivity contribution in [2.75, 3.05) is 6.61 Å². The molecule has 23 heavy (non-hydrogen) atoms. The van der Waals surface area contributed by atoms with Crippen molar-refractivity contribution in [3.63, 3.8) is 0 Å². The van der Waals surface area contributed by atoms with Crippen LogP contribution in [-0.2, 0) is 10.4 Å². The second kappa shape index (κ2) is 7.31. The van der Waals surface area contributed by atoms with E-state index >= 15 is 0 Å². The summed E-state index contributed by atoms with van der Waals surface area (Å²) in [6, 6.07) is 17.6. The van der Waals surface area contributed by atoms with Crippen LogP contribution in [0.15, 0.2) is 60.7 Å². The first kappa shape index (κ1) is 16.4. The van der Waals surface area contributed by atoms with Crippen LogP contribution in [0.25, 0.3) is 0 Å². The van der Waals surface area contributed by atoms with Gasteiger partial charge in [-0.05, 0) is 6.92 Å². The fourth-order valence-electron chi connectivity index (χ4n) is 2.34. The van der Waals surface area contributed by atoms with Gasteiger partial charge in [-0.15, -0.1) is 0 Å². The third-order valence-electron chi connectivity index (χ3n) is 3.27. The quantitative estimate of drug-likeness (QED) is 0.741. The molecule has 0 fully saturated rings. The molecule has 0 atom stereocenters. The molecule has 0 saturated carbocycles. The Kier molecular flexibility index (Phi) is 5.19. The van der Waals surface area contributed by atoms with Gasteiger partial charge in [0.2, 0.25) is 0 Å². The first-order valence-corrected chi connectivity index (χ1v) is 7.15. The molecule has 6 heteroatoms. The minimum atomic E-state index is -1.44. The summed E-state index contributed by atoms with van der Waals surface area (Å²) in [6.07, 6.45) is -1.98. The van der Waals surface area contributed by atoms with Crippen molar-refractivity contribution in [2.45, 2.75) is 12.6 Å². The SMILES string of the molecule is CCOC(=O)NC(NC(=O)O)(c1ccccc1)c1ccccc1. The summed E-state index contributed by atoms with van der Waals surface area (Å²) in [5, 5.41) is 14.4. The van der Waals surface area contributed by atoms with Crippen molar-refractivity contribution in [2.24, 2.45) is 0 Å². The van der Waals surface area contributed by atoms with Gasteiger partial charge in [-0.25, -0.2) is 9.59 Å². The lowest BCUT2D eigenvalue weighted by Gasteiger charge is -2.35. The zero-order chi connectivity index (χ0) is 16.7. The predicted octanol–water partition coefficient (Wildman–Crippen LogP) is 2.90. The number of hydrogen-bond acceptors (Lipinski definition) is 3. The van der Waals surface area contributed by atoms with Crippen molar-refractivity contribution in [1.82, 2.24) is 10.6 Å². The van der Waals surface area contributed by atoms with E-state index in [4.69, 9.17) is 4.74 Å². The van der Waals surface area contributed by atoms with E-state index in [0.29, 0.717) is 11.1 Å². The molecule has 0 saturated heterocycles. The van der Waals surface area contributed by atoms with E-state index in [9.17, 15) is 14.7 Å². The highest BCUT2D eigenvalue weighted by molar-refractivity contribution is 5.73. The average Bonchev–Trinajstić information content (AvgIpc) is 2.55. The number of alkyl carbamates (subject to hydrolysis) is 1. The number of benzene rings is 2. The van der Waals surface area contributed by atoms with Crippen LogP contribution in [0.5, 0.6) is 0 Å². The number of amides is 2. The Labute approximate surface area is 134 Å². The van der Waals surface area contributed by atoms with E-state index in [2.05, 4.69) is 10.6 Å². The van der Waals surface area contributed by atoms with Crippen molar-refractivity contribution < 1.29 is 19.4 Å². The summed E-state index contributed by atoms with van der Waals surface area (Å²) in [5.74, 6) is 0. The summed E-state index contributed by atoms with van der Waals surface area (Å²) >= 11 is 0. The van der Waals surface area contributed by atoms with Crippen molar-refractivity contribution in [3.8, 4) is 0 Å². The van der Waals surface area contributed by atoms with E-state index in [1.165, 1.54) is 0 Å².